The highest BCUT2D eigenvalue weighted by Gasteiger charge is 1.95. The highest BCUT2D eigenvalue weighted by atomic mass is 79.9. The first-order valence-electron chi connectivity index (χ1n) is 5.41. The Labute approximate surface area is 109 Å². The van der Waals surface area contributed by atoms with Crippen molar-refractivity contribution in [2.45, 2.75) is 0 Å². The maximum Gasteiger partial charge on any atom is 0.122 e. The molecule has 0 N–H and O–H groups in total. The molecule has 0 spiro atoms. The van der Waals surface area contributed by atoms with Crippen molar-refractivity contribution in [3.8, 4) is 11.5 Å². The van der Waals surface area contributed by atoms with Crippen molar-refractivity contribution in [2.24, 2.45) is 0 Å². The molecule has 0 saturated heterocycles. The van der Waals surface area contributed by atoms with Crippen molar-refractivity contribution in [2.75, 3.05) is 13.2 Å². The van der Waals surface area contributed by atoms with Crippen LogP contribution in [-0.2, 0) is 0 Å². The summed E-state index contributed by atoms with van der Waals surface area (Å²) in [5, 5.41) is 0. The first kappa shape index (κ1) is 12.0. The number of benzene rings is 2. The third-order valence-electron chi connectivity index (χ3n) is 2.16. The summed E-state index contributed by atoms with van der Waals surface area (Å²) in [4.78, 5) is 0. The Bertz CT molecular complexity index is 457. The maximum absolute atomic E-state index is 5.55. The number of ether oxygens (including phenoxy) is 2. The summed E-state index contributed by atoms with van der Waals surface area (Å²) in [6, 6.07) is 17.5. The van der Waals surface area contributed by atoms with E-state index < -0.39 is 0 Å². The van der Waals surface area contributed by atoms with Crippen LogP contribution in [0.5, 0.6) is 11.5 Å². The van der Waals surface area contributed by atoms with Gasteiger partial charge in [-0.3, -0.25) is 0 Å². The summed E-state index contributed by atoms with van der Waals surface area (Å²) in [5.74, 6) is 1.71. The average Bonchev–Trinajstić information content (AvgIpc) is 2.36. The van der Waals surface area contributed by atoms with Gasteiger partial charge < -0.3 is 9.47 Å². The Kier molecular flexibility index (Phi) is 4.45. The molecule has 2 nitrogen and oxygen atoms in total. The molecule has 88 valence electrons. The fourth-order valence-electron chi connectivity index (χ4n) is 1.39. The molecular weight excluding hydrogens is 280 g/mol. The monoisotopic (exact) mass is 292 g/mol. The molecule has 0 aliphatic heterocycles. The molecule has 0 atom stereocenters. The molecule has 0 saturated carbocycles. The van der Waals surface area contributed by atoms with Gasteiger partial charge in [0.05, 0.1) is 0 Å². The second kappa shape index (κ2) is 6.30. The van der Waals surface area contributed by atoms with Crippen LogP contribution in [-0.4, -0.2) is 13.2 Å². The highest BCUT2D eigenvalue weighted by Crippen LogP contribution is 2.17. The van der Waals surface area contributed by atoms with E-state index in [4.69, 9.17) is 9.47 Å². The van der Waals surface area contributed by atoms with Gasteiger partial charge in [-0.05, 0) is 30.3 Å². The fourth-order valence-corrected chi connectivity index (χ4v) is 1.77. The first-order valence-corrected chi connectivity index (χ1v) is 6.20. The molecule has 17 heavy (non-hydrogen) atoms. The van der Waals surface area contributed by atoms with Gasteiger partial charge in [-0.1, -0.05) is 40.2 Å². The summed E-state index contributed by atoms with van der Waals surface area (Å²) >= 11 is 3.40. The molecule has 0 amide bonds. The van der Waals surface area contributed by atoms with Crippen molar-refractivity contribution in [3.05, 3.63) is 59.1 Å². The third-order valence-corrected chi connectivity index (χ3v) is 2.65. The zero-order chi connectivity index (χ0) is 11.9. The molecular formula is C14H13BrO2. The number of halogens is 1. The number of hydrogen-bond donors (Lipinski definition) is 0. The molecule has 0 bridgehead atoms. The van der Waals surface area contributed by atoms with Gasteiger partial charge in [0.2, 0.25) is 0 Å². The van der Waals surface area contributed by atoms with E-state index in [1.54, 1.807) is 0 Å². The summed E-state index contributed by atoms with van der Waals surface area (Å²) in [6.45, 7) is 1.07. The van der Waals surface area contributed by atoms with Crippen LogP contribution < -0.4 is 9.47 Å². The van der Waals surface area contributed by atoms with Crippen molar-refractivity contribution in [3.63, 3.8) is 0 Å². The Morgan fingerprint density at radius 2 is 1.41 bits per heavy atom. The van der Waals surface area contributed by atoms with Crippen LogP contribution in [0.1, 0.15) is 0 Å². The lowest BCUT2D eigenvalue weighted by atomic mass is 10.3. The number of rotatable bonds is 5. The minimum Gasteiger partial charge on any atom is -0.490 e. The average molecular weight is 293 g/mol. The topological polar surface area (TPSA) is 18.5 Å². The van der Waals surface area contributed by atoms with Crippen LogP contribution in [0.2, 0.25) is 0 Å². The number of hydrogen-bond acceptors (Lipinski definition) is 2. The Morgan fingerprint density at radius 1 is 0.765 bits per heavy atom. The molecule has 0 radical (unpaired) electrons. The van der Waals surface area contributed by atoms with E-state index in [-0.39, 0.29) is 0 Å². The predicted molar refractivity (Wildman–Crippen MR) is 71.6 cm³/mol. The van der Waals surface area contributed by atoms with E-state index in [2.05, 4.69) is 15.9 Å². The van der Waals surface area contributed by atoms with E-state index >= 15 is 0 Å². The molecule has 0 aromatic heterocycles. The lowest BCUT2D eigenvalue weighted by Crippen LogP contribution is -2.08. The van der Waals surface area contributed by atoms with E-state index in [1.165, 1.54) is 0 Å². The van der Waals surface area contributed by atoms with Gasteiger partial charge in [-0.25, -0.2) is 0 Å². The smallest absolute Gasteiger partial charge is 0.122 e. The minimum atomic E-state index is 0.533. The van der Waals surface area contributed by atoms with E-state index in [0.717, 1.165) is 16.0 Å². The summed E-state index contributed by atoms with van der Waals surface area (Å²) in [5.41, 5.74) is 0. The van der Waals surface area contributed by atoms with Gasteiger partial charge in [-0.2, -0.15) is 0 Å². The Balaban J connectivity index is 1.73. The predicted octanol–water partition coefficient (Wildman–Crippen LogP) is 3.91. The SMILES string of the molecule is Brc1cccc(OCCOc2ccccc2)c1. The molecule has 2 rings (SSSR count). The highest BCUT2D eigenvalue weighted by molar-refractivity contribution is 9.10. The minimum absolute atomic E-state index is 0.533. The van der Waals surface area contributed by atoms with Crippen molar-refractivity contribution in [1.29, 1.82) is 0 Å². The van der Waals surface area contributed by atoms with Crippen molar-refractivity contribution < 1.29 is 9.47 Å². The van der Waals surface area contributed by atoms with Crippen LogP contribution in [0.15, 0.2) is 59.1 Å². The summed E-state index contributed by atoms with van der Waals surface area (Å²) < 4.78 is 12.1. The zero-order valence-corrected chi connectivity index (χ0v) is 10.9. The van der Waals surface area contributed by atoms with Gasteiger partial charge in [0.1, 0.15) is 24.7 Å². The van der Waals surface area contributed by atoms with E-state index in [9.17, 15) is 0 Å². The van der Waals surface area contributed by atoms with Gasteiger partial charge in [0.15, 0.2) is 0 Å². The van der Waals surface area contributed by atoms with Crippen LogP contribution >= 0.6 is 15.9 Å². The van der Waals surface area contributed by atoms with Gasteiger partial charge in [0.25, 0.3) is 0 Å². The molecule has 0 fully saturated rings. The van der Waals surface area contributed by atoms with Crippen LogP contribution in [0.4, 0.5) is 0 Å². The second-order valence-electron chi connectivity index (χ2n) is 3.47. The lowest BCUT2D eigenvalue weighted by molar-refractivity contribution is 0.217. The van der Waals surface area contributed by atoms with Crippen molar-refractivity contribution in [1.82, 2.24) is 0 Å². The summed E-state index contributed by atoms with van der Waals surface area (Å²) in [6.07, 6.45) is 0. The first-order chi connectivity index (χ1) is 8.34. The number of para-hydroxylation sites is 1. The molecule has 0 heterocycles. The maximum atomic E-state index is 5.55. The zero-order valence-electron chi connectivity index (χ0n) is 9.30. The fraction of sp³-hybridized carbons (Fsp3) is 0.143. The van der Waals surface area contributed by atoms with Crippen LogP contribution in [0.25, 0.3) is 0 Å². The normalized spacial score (nSPS) is 9.94. The van der Waals surface area contributed by atoms with E-state index in [0.29, 0.717) is 13.2 Å². The van der Waals surface area contributed by atoms with Crippen molar-refractivity contribution >= 4 is 15.9 Å². The molecule has 0 aliphatic carbocycles. The molecule has 2 aromatic rings. The summed E-state index contributed by atoms with van der Waals surface area (Å²) in [7, 11) is 0. The molecule has 3 heteroatoms. The van der Waals surface area contributed by atoms with Gasteiger partial charge >= 0.3 is 0 Å². The standard InChI is InChI=1S/C14H13BrO2/c15-12-5-4-8-14(11-12)17-10-9-16-13-6-2-1-3-7-13/h1-8,11H,9-10H2. The van der Waals surface area contributed by atoms with Gasteiger partial charge in [0, 0.05) is 4.47 Å². The van der Waals surface area contributed by atoms with E-state index in [1.807, 2.05) is 54.6 Å². The third kappa shape index (κ3) is 4.11. The van der Waals surface area contributed by atoms with Crippen LogP contribution in [0.3, 0.4) is 0 Å². The molecule has 0 unspecified atom stereocenters. The Hall–Kier alpha value is -1.48. The molecule has 0 aliphatic rings. The molecule has 2 aromatic carbocycles. The second-order valence-corrected chi connectivity index (χ2v) is 4.38. The largest absolute Gasteiger partial charge is 0.490 e. The van der Waals surface area contributed by atoms with Crippen LogP contribution in [0, 0.1) is 0 Å². The van der Waals surface area contributed by atoms with Gasteiger partial charge in [-0.15, -0.1) is 0 Å². The quantitative estimate of drug-likeness (QED) is 0.778. The Morgan fingerprint density at radius 3 is 2.12 bits per heavy atom. The lowest BCUT2D eigenvalue weighted by Gasteiger charge is -2.08.